The summed E-state index contributed by atoms with van der Waals surface area (Å²) in [5.74, 6) is 0.638. The zero-order valence-corrected chi connectivity index (χ0v) is 13.2. The average molecular weight is 296 g/mol. The predicted molar refractivity (Wildman–Crippen MR) is 85.4 cm³/mol. The van der Waals surface area contributed by atoms with Crippen LogP contribution in [0.4, 0.5) is 0 Å². The number of ether oxygens (including phenoxy) is 1. The molecule has 0 aromatic heterocycles. The van der Waals surface area contributed by atoms with Gasteiger partial charge < -0.3 is 10.1 Å². The van der Waals surface area contributed by atoms with Crippen LogP contribution in [0.5, 0.6) is 0 Å². The van der Waals surface area contributed by atoms with Crippen LogP contribution in [0.1, 0.15) is 38.2 Å². The van der Waals surface area contributed by atoms with E-state index in [-0.39, 0.29) is 0 Å². The molecule has 1 saturated heterocycles. The first-order chi connectivity index (χ1) is 9.79. The Balaban J connectivity index is 1.87. The normalized spacial score (nSPS) is 20.2. The molecule has 1 N–H and O–H groups in total. The number of nitrogens with one attached hydrogen (secondary N) is 1. The summed E-state index contributed by atoms with van der Waals surface area (Å²) in [7, 11) is 0. The molecule has 1 aliphatic rings. The fourth-order valence-electron chi connectivity index (χ4n) is 2.89. The largest absolute Gasteiger partial charge is 0.378 e. The molecular weight excluding hydrogens is 270 g/mol. The second-order valence-electron chi connectivity index (χ2n) is 5.68. The number of hydrogen-bond acceptors (Lipinski definition) is 2. The minimum atomic E-state index is 0.491. The molecule has 2 nitrogen and oxygen atoms in total. The Bertz CT molecular complexity index is 390. The Hall–Kier alpha value is -0.570. The van der Waals surface area contributed by atoms with Crippen molar-refractivity contribution in [3.8, 4) is 0 Å². The van der Waals surface area contributed by atoms with Crippen molar-refractivity contribution in [3.63, 3.8) is 0 Å². The molecule has 2 atom stereocenters. The zero-order valence-electron chi connectivity index (χ0n) is 12.4. The average Bonchev–Trinajstić information content (AvgIpc) is 2.97. The van der Waals surface area contributed by atoms with Crippen molar-refractivity contribution in [1.29, 1.82) is 0 Å². The van der Waals surface area contributed by atoms with E-state index in [4.69, 9.17) is 16.3 Å². The fourth-order valence-corrected chi connectivity index (χ4v) is 3.11. The third kappa shape index (κ3) is 5.08. The number of benzene rings is 1. The van der Waals surface area contributed by atoms with Gasteiger partial charge in [0.25, 0.3) is 0 Å². The number of rotatable bonds is 8. The van der Waals surface area contributed by atoms with Gasteiger partial charge in [-0.05, 0) is 62.7 Å². The van der Waals surface area contributed by atoms with Gasteiger partial charge in [-0.25, -0.2) is 0 Å². The van der Waals surface area contributed by atoms with Crippen LogP contribution in [0, 0.1) is 5.92 Å². The fraction of sp³-hybridized carbons (Fsp3) is 0.647. The predicted octanol–water partition coefficient (Wildman–Crippen LogP) is 4.07. The van der Waals surface area contributed by atoms with Crippen molar-refractivity contribution < 1.29 is 4.74 Å². The van der Waals surface area contributed by atoms with Crippen molar-refractivity contribution in [2.24, 2.45) is 5.92 Å². The Morgan fingerprint density at radius 1 is 1.40 bits per heavy atom. The maximum Gasteiger partial charge on any atom is 0.0576 e. The molecule has 0 bridgehead atoms. The third-order valence-corrected chi connectivity index (χ3v) is 4.44. The highest BCUT2D eigenvalue weighted by atomic mass is 35.5. The Morgan fingerprint density at radius 2 is 2.25 bits per heavy atom. The highest BCUT2D eigenvalue weighted by molar-refractivity contribution is 6.31. The second kappa shape index (κ2) is 8.66. The summed E-state index contributed by atoms with van der Waals surface area (Å²) in [4.78, 5) is 0. The van der Waals surface area contributed by atoms with Crippen LogP contribution in [-0.2, 0) is 11.2 Å². The highest BCUT2D eigenvalue weighted by Crippen LogP contribution is 2.24. The molecule has 1 aliphatic heterocycles. The van der Waals surface area contributed by atoms with Gasteiger partial charge in [-0.1, -0.05) is 36.7 Å². The molecule has 1 aromatic carbocycles. The maximum absolute atomic E-state index is 6.28. The molecule has 20 heavy (non-hydrogen) atoms. The van der Waals surface area contributed by atoms with Gasteiger partial charge in [0.2, 0.25) is 0 Å². The smallest absolute Gasteiger partial charge is 0.0576 e. The van der Waals surface area contributed by atoms with Crippen LogP contribution in [0.15, 0.2) is 24.3 Å². The summed E-state index contributed by atoms with van der Waals surface area (Å²) in [5.41, 5.74) is 1.27. The number of hydrogen-bond donors (Lipinski definition) is 1. The molecule has 1 aromatic rings. The highest BCUT2D eigenvalue weighted by Gasteiger charge is 2.18. The van der Waals surface area contributed by atoms with E-state index in [1.165, 1.54) is 31.2 Å². The Morgan fingerprint density at radius 3 is 2.95 bits per heavy atom. The molecule has 3 heteroatoms. The van der Waals surface area contributed by atoms with Crippen molar-refractivity contribution in [2.75, 3.05) is 19.7 Å². The standard InChI is InChI=1S/C17H26ClNO/c1-2-19-13-14(9-10-16-7-5-11-20-16)12-15-6-3-4-8-17(15)18/h3-4,6,8,14,16,19H,2,5,7,9-13H2,1H3. The van der Waals surface area contributed by atoms with Crippen LogP contribution < -0.4 is 5.32 Å². The maximum atomic E-state index is 6.28. The zero-order chi connectivity index (χ0) is 14.2. The van der Waals surface area contributed by atoms with Crippen LogP contribution in [-0.4, -0.2) is 25.8 Å². The summed E-state index contributed by atoms with van der Waals surface area (Å²) in [6.07, 6.45) is 6.40. The molecular formula is C17H26ClNO. The first kappa shape index (κ1) is 15.8. The summed E-state index contributed by atoms with van der Waals surface area (Å²) in [6, 6.07) is 8.21. The van der Waals surface area contributed by atoms with Crippen molar-refractivity contribution in [3.05, 3.63) is 34.9 Å². The van der Waals surface area contributed by atoms with Gasteiger partial charge >= 0.3 is 0 Å². The van der Waals surface area contributed by atoms with E-state index in [0.29, 0.717) is 12.0 Å². The van der Waals surface area contributed by atoms with Gasteiger partial charge in [0.1, 0.15) is 0 Å². The lowest BCUT2D eigenvalue weighted by Gasteiger charge is -2.20. The quantitative estimate of drug-likeness (QED) is 0.781. The van der Waals surface area contributed by atoms with Gasteiger partial charge in [-0.15, -0.1) is 0 Å². The minimum Gasteiger partial charge on any atom is -0.378 e. The minimum absolute atomic E-state index is 0.491. The lowest BCUT2D eigenvalue weighted by Crippen LogP contribution is -2.25. The second-order valence-corrected chi connectivity index (χ2v) is 6.09. The van der Waals surface area contributed by atoms with Gasteiger partial charge in [0.15, 0.2) is 0 Å². The molecule has 1 fully saturated rings. The third-order valence-electron chi connectivity index (χ3n) is 4.07. The monoisotopic (exact) mass is 295 g/mol. The molecule has 0 radical (unpaired) electrons. The van der Waals surface area contributed by atoms with E-state index in [1.807, 2.05) is 12.1 Å². The lowest BCUT2D eigenvalue weighted by atomic mass is 9.93. The molecule has 112 valence electrons. The van der Waals surface area contributed by atoms with Gasteiger partial charge in [-0.3, -0.25) is 0 Å². The van der Waals surface area contributed by atoms with E-state index in [2.05, 4.69) is 24.4 Å². The molecule has 0 amide bonds. The van der Waals surface area contributed by atoms with E-state index < -0.39 is 0 Å². The molecule has 0 aliphatic carbocycles. The Kier molecular flexibility index (Phi) is 6.85. The van der Waals surface area contributed by atoms with Crippen LogP contribution in [0.2, 0.25) is 5.02 Å². The van der Waals surface area contributed by atoms with E-state index in [9.17, 15) is 0 Å². The summed E-state index contributed by atoms with van der Waals surface area (Å²) < 4.78 is 5.74. The van der Waals surface area contributed by atoms with E-state index >= 15 is 0 Å². The van der Waals surface area contributed by atoms with Crippen LogP contribution in [0.3, 0.4) is 0 Å². The molecule has 2 rings (SSSR count). The molecule has 0 saturated carbocycles. The summed E-state index contributed by atoms with van der Waals surface area (Å²) in [6.45, 7) is 5.20. The Labute approximate surface area is 127 Å². The van der Waals surface area contributed by atoms with E-state index in [1.54, 1.807) is 0 Å². The van der Waals surface area contributed by atoms with Crippen LogP contribution >= 0.6 is 11.6 Å². The topological polar surface area (TPSA) is 21.3 Å². The van der Waals surface area contributed by atoms with Crippen molar-refractivity contribution in [1.82, 2.24) is 5.32 Å². The lowest BCUT2D eigenvalue weighted by molar-refractivity contribution is 0.0979. The van der Waals surface area contributed by atoms with Gasteiger partial charge in [-0.2, -0.15) is 0 Å². The summed E-state index contributed by atoms with van der Waals surface area (Å²) >= 11 is 6.28. The first-order valence-electron chi connectivity index (χ1n) is 7.85. The SMILES string of the molecule is CCNCC(CCC1CCCO1)Cc1ccccc1Cl. The molecule has 0 spiro atoms. The van der Waals surface area contributed by atoms with Gasteiger partial charge in [0.05, 0.1) is 6.10 Å². The molecule has 2 unspecified atom stereocenters. The van der Waals surface area contributed by atoms with Crippen LogP contribution in [0.25, 0.3) is 0 Å². The van der Waals surface area contributed by atoms with Crippen molar-refractivity contribution >= 4 is 11.6 Å². The molecule has 1 heterocycles. The summed E-state index contributed by atoms with van der Waals surface area (Å²) in [5, 5.41) is 4.37. The van der Waals surface area contributed by atoms with E-state index in [0.717, 1.165) is 31.1 Å². The van der Waals surface area contributed by atoms with Gasteiger partial charge in [0, 0.05) is 11.6 Å². The van der Waals surface area contributed by atoms with Crippen molar-refractivity contribution in [2.45, 2.75) is 45.1 Å². The number of halogens is 1. The first-order valence-corrected chi connectivity index (χ1v) is 8.23.